The van der Waals surface area contributed by atoms with Crippen LogP contribution in [-0.4, -0.2) is 42.2 Å². The van der Waals surface area contributed by atoms with E-state index in [1.54, 1.807) is 62.6 Å². The Balaban J connectivity index is 2.03. The lowest BCUT2D eigenvalue weighted by Crippen LogP contribution is -2.30. The summed E-state index contributed by atoms with van der Waals surface area (Å²) in [4.78, 5) is 12.6. The second kappa shape index (κ2) is 9.95. The normalized spacial score (nSPS) is 12.7. The van der Waals surface area contributed by atoms with Crippen molar-refractivity contribution in [3.63, 3.8) is 0 Å². The fourth-order valence-corrected chi connectivity index (χ4v) is 4.92. The van der Waals surface area contributed by atoms with Gasteiger partial charge in [-0.2, -0.15) is 4.31 Å². The fourth-order valence-electron chi connectivity index (χ4n) is 2.81. The molecule has 2 aromatic rings. The molecule has 1 atom stereocenters. The number of carbonyl (C=O) groups is 1. The van der Waals surface area contributed by atoms with E-state index in [0.29, 0.717) is 24.4 Å². The Morgan fingerprint density at radius 3 is 2.25 bits per heavy atom. The average molecular weight is 423 g/mol. The van der Waals surface area contributed by atoms with Crippen LogP contribution in [0.2, 0.25) is 0 Å². The van der Waals surface area contributed by atoms with E-state index < -0.39 is 20.8 Å². The maximum absolute atomic E-state index is 12.5. The molecule has 8 heteroatoms. The minimum Gasteiger partial charge on any atom is -0.348 e. The number of nitrogens with one attached hydrogen (secondary N) is 1. The van der Waals surface area contributed by atoms with Crippen LogP contribution < -0.4 is 5.32 Å². The van der Waals surface area contributed by atoms with Gasteiger partial charge in [0.05, 0.1) is 4.90 Å². The van der Waals surface area contributed by atoms with E-state index in [9.17, 15) is 17.4 Å². The Labute approximate surface area is 169 Å². The lowest BCUT2D eigenvalue weighted by molar-refractivity contribution is 0.0950. The van der Waals surface area contributed by atoms with E-state index >= 15 is 0 Å². The van der Waals surface area contributed by atoms with E-state index in [1.807, 2.05) is 6.07 Å². The second-order valence-electron chi connectivity index (χ2n) is 6.33. The first-order valence-electron chi connectivity index (χ1n) is 9.04. The van der Waals surface area contributed by atoms with Crippen LogP contribution in [0.5, 0.6) is 0 Å². The topological polar surface area (TPSA) is 83.6 Å². The molecule has 0 radical (unpaired) electrons. The summed E-state index contributed by atoms with van der Waals surface area (Å²) in [6, 6.07) is 13.6. The lowest BCUT2D eigenvalue weighted by atomic mass is 10.1. The molecular formula is C20H26N2O4S2. The first kappa shape index (κ1) is 22.3. The third kappa shape index (κ3) is 5.73. The van der Waals surface area contributed by atoms with Crippen LogP contribution in [-0.2, 0) is 33.1 Å². The molecule has 6 nitrogen and oxygen atoms in total. The van der Waals surface area contributed by atoms with Gasteiger partial charge in [0, 0.05) is 48.0 Å². The van der Waals surface area contributed by atoms with Gasteiger partial charge in [0.2, 0.25) is 10.0 Å². The summed E-state index contributed by atoms with van der Waals surface area (Å²) in [7, 11) is -4.46. The Morgan fingerprint density at radius 2 is 1.68 bits per heavy atom. The third-order valence-corrected chi connectivity index (χ3v) is 7.08. The van der Waals surface area contributed by atoms with Crippen LogP contribution in [0.15, 0.2) is 53.4 Å². The molecule has 0 fully saturated rings. The molecule has 0 saturated heterocycles. The SMILES string of the molecule is CCN(CC)S(=O)(=O)c1ccc(CNC(=O)c2cccc(CS(C)=O)c2)cc1. The van der Waals surface area contributed by atoms with Crippen molar-refractivity contribution in [3.05, 3.63) is 65.2 Å². The molecular weight excluding hydrogens is 396 g/mol. The van der Waals surface area contributed by atoms with Crippen LogP contribution in [0.3, 0.4) is 0 Å². The van der Waals surface area contributed by atoms with Gasteiger partial charge in [-0.25, -0.2) is 8.42 Å². The Hall–Kier alpha value is -2.03. The number of hydrogen-bond donors (Lipinski definition) is 1. The Bertz CT molecular complexity index is 937. The highest BCUT2D eigenvalue weighted by atomic mass is 32.2. The zero-order valence-electron chi connectivity index (χ0n) is 16.3. The summed E-state index contributed by atoms with van der Waals surface area (Å²) in [5, 5.41) is 2.82. The summed E-state index contributed by atoms with van der Waals surface area (Å²) in [6.07, 6.45) is 1.62. The van der Waals surface area contributed by atoms with Gasteiger partial charge in [0.15, 0.2) is 0 Å². The smallest absolute Gasteiger partial charge is 0.251 e. The van der Waals surface area contributed by atoms with Crippen molar-refractivity contribution < 1.29 is 17.4 Å². The molecule has 0 bridgehead atoms. The van der Waals surface area contributed by atoms with Crippen LogP contribution in [0, 0.1) is 0 Å². The maximum Gasteiger partial charge on any atom is 0.251 e. The van der Waals surface area contributed by atoms with Gasteiger partial charge in [-0.3, -0.25) is 9.00 Å². The Morgan fingerprint density at radius 1 is 1.04 bits per heavy atom. The molecule has 28 heavy (non-hydrogen) atoms. The van der Waals surface area contributed by atoms with Crippen molar-refractivity contribution in [2.75, 3.05) is 19.3 Å². The number of nitrogens with zero attached hydrogens (tertiary/aromatic N) is 1. The second-order valence-corrected chi connectivity index (χ2v) is 9.71. The molecule has 0 aromatic heterocycles. The first-order valence-corrected chi connectivity index (χ1v) is 12.2. The number of rotatable bonds is 9. The molecule has 0 aliphatic heterocycles. The summed E-state index contributed by atoms with van der Waals surface area (Å²) in [5.41, 5.74) is 2.15. The molecule has 2 aromatic carbocycles. The van der Waals surface area contributed by atoms with E-state index in [2.05, 4.69) is 5.32 Å². The van der Waals surface area contributed by atoms with Crippen molar-refractivity contribution >= 4 is 26.7 Å². The van der Waals surface area contributed by atoms with Crippen LogP contribution in [0.4, 0.5) is 0 Å². The minimum atomic E-state index is -3.49. The highest BCUT2D eigenvalue weighted by Crippen LogP contribution is 2.16. The molecule has 152 valence electrons. The third-order valence-electron chi connectivity index (χ3n) is 4.28. The van der Waals surface area contributed by atoms with Crippen LogP contribution >= 0.6 is 0 Å². The molecule has 0 aliphatic rings. The quantitative estimate of drug-likeness (QED) is 0.673. The van der Waals surface area contributed by atoms with Gasteiger partial charge in [-0.05, 0) is 35.4 Å². The fraction of sp³-hybridized carbons (Fsp3) is 0.350. The molecule has 2 rings (SSSR count). The monoisotopic (exact) mass is 422 g/mol. The van der Waals surface area contributed by atoms with Crippen molar-refractivity contribution in [2.24, 2.45) is 0 Å². The number of hydrogen-bond acceptors (Lipinski definition) is 4. The van der Waals surface area contributed by atoms with Crippen molar-refractivity contribution in [3.8, 4) is 0 Å². The number of benzene rings is 2. The summed E-state index contributed by atoms with van der Waals surface area (Å²) in [6.45, 7) is 4.73. The number of amides is 1. The first-order chi connectivity index (χ1) is 13.3. The molecule has 0 saturated carbocycles. The lowest BCUT2D eigenvalue weighted by Gasteiger charge is -2.18. The molecule has 1 unspecified atom stereocenters. The maximum atomic E-state index is 12.5. The van der Waals surface area contributed by atoms with Crippen LogP contribution in [0.1, 0.15) is 35.3 Å². The van der Waals surface area contributed by atoms with Crippen molar-refractivity contribution in [1.82, 2.24) is 9.62 Å². The van der Waals surface area contributed by atoms with Gasteiger partial charge in [-0.1, -0.05) is 38.1 Å². The minimum absolute atomic E-state index is 0.233. The van der Waals surface area contributed by atoms with Gasteiger partial charge < -0.3 is 5.32 Å². The summed E-state index contributed by atoms with van der Waals surface area (Å²) in [5.74, 6) is 0.174. The zero-order valence-corrected chi connectivity index (χ0v) is 18.0. The van der Waals surface area contributed by atoms with Crippen molar-refractivity contribution in [2.45, 2.75) is 31.0 Å². The highest BCUT2D eigenvalue weighted by Gasteiger charge is 2.21. The molecule has 0 heterocycles. The highest BCUT2D eigenvalue weighted by molar-refractivity contribution is 7.89. The largest absolute Gasteiger partial charge is 0.348 e. The van der Waals surface area contributed by atoms with E-state index in [4.69, 9.17) is 0 Å². The van der Waals surface area contributed by atoms with E-state index in [-0.39, 0.29) is 17.3 Å². The molecule has 0 aliphatic carbocycles. The van der Waals surface area contributed by atoms with Crippen molar-refractivity contribution in [1.29, 1.82) is 0 Å². The van der Waals surface area contributed by atoms with Gasteiger partial charge in [-0.15, -0.1) is 0 Å². The number of carbonyl (C=O) groups excluding carboxylic acids is 1. The Kier molecular flexibility index (Phi) is 7.91. The van der Waals surface area contributed by atoms with Gasteiger partial charge >= 0.3 is 0 Å². The average Bonchev–Trinajstić information content (AvgIpc) is 2.67. The summed E-state index contributed by atoms with van der Waals surface area (Å²) < 4.78 is 37.8. The van der Waals surface area contributed by atoms with Gasteiger partial charge in [0.1, 0.15) is 0 Å². The van der Waals surface area contributed by atoms with Crippen LogP contribution in [0.25, 0.3) is 0 Å². The van der Waals surface area contributed by atoms with E-state index in [0.717, 1.165) is 11.1 Å². The molecule has 0 spiro atoms. The molecule has 1 N–H and O–H groups in total. The standard InChI is InChI=1S/C20H26N2O4S2/c1-4-22(5-2)28(25,26)19-11-9-16(10-12-19)14-21-20(23)18-8-6-7-17(13-18)15-27(3)24/h6-13H,4-5,14-15H2,1-3H3,(H,21,23). The van der Waals surface area contributed by atoms with Gasteiger partial charge in [0.25, 0.3) is 5.91 Å². The number of sulfonamides is 1. The van der Waals surface area contributed by atoms with E-state index in [1.165, 1.54) is 4.31 Å². The predicted octanol–water partition coefficient (Wildman–Crippen LogP) is 2.53. The molecule has 1 amide bonds. The predicted molar refractivity (Wildman–Crippen MR) is 112 cm³/mol. The summed E-state index contributed by atoms with van der Waals surface area (Å²) >= 11 is 0. The zero-order chi connectivity index (χ0) is 20.7.